The lowest BCUT2D eigenvalue weighted by Gasteiger charge is -2.34. The van der Waals surface area contributed by atoms with Gasteiger partial charge in [-0.25, -0.2) is 0 Å². The molecule has 0 aliphatic rings. The minimum Gasteiger partial charge on any atom is -0.305 e. The normalized spacial score (nSPS) is 17.1. The quantitative estimate of drug-likeness (QED) is 0.622. The van der Waals surface area contributed by atoms with Gasteiger partial charge in [0.1, 0.15) is 0 Å². The lowest BCUT2D eigenvalue weighted by molar-refractivity contribution is 0.240. The molecule has 0 aromatic carbocycles. The lowest BCUT2D eigenvalue weighted by Crippen LogP contribution is -2.54. The molecule has 2 atom stereocenters. The zero-order valence-electron chi connectivity index (χ0n) is 10.1. The summed E-state index contributed by atoms with van der Waals surface area (Å²) in [5.41, 5.74) is 0.233. The van der Waals surface area contributed by atoms with Gasteiger partial charge >= 0.3 is 0 Å². The topological polar surface area (TPSA) is 24.1 Å². The van der Waals surface area contributed by atoms with E-state index in [1.165, 1.54) is 6.42 Å². The molecule has 0 aromatic rings. The van der Waals surface area contributed by atoms with Crippen molar-refractivity contribution < 1.29 is 0 Å². The first-order chi connectivity index (χ1) is 5.96. The third-order valence-electron chi connectivity index (χ3n) is 2.95. The fraction of sp³-hybridized carbons (Fsp3) is 1.00. The van der Waals surface area contributed by atoms with Crippen LogP contribution < -0.4 is 10.6 Å². The van der Waals surface area contributed by atoms with Crippen LogP contribution in [0.25, 0.3) is 0 Å². The van der Waals surface area contributed by atoms with Crippen LogP contribution in [0, 0.1) is 5.92 Å². The van der Waals surface area contributed by atoms with Gasteiger partial charge < -0.3 is 5.32 Å². The Kier molecular flexibility index (Phi) is 5.57. The van der Waals surface area contributed by atoms with Crippen LogP contribution in [0.2, 0.25) is 0 Å². The molecular weight excluding hydrogens is 160 g/mol. The van der Waals surface area contributed by atoms with Crippen LogP contribution in [-0.4, -0.2) is 18.8 Å². The van der Waals surface area contributed by atoms with Crippen LogP contribution in [0.3, 0.4) is 0 Å². The van der Waals surface area contributed by atoms with Gasteiger partial charge in [-0.1, -0.05) is 27.2 Å². The number of nitrogens with one attached hydrogen (secondary N) is 2. The molecule has 0 bridgehead atoms. The molecule has 0 rings (SSSR count). The fourth-order valence-corrected chi connectivity index (χ4v) is 1.26. The van der Waals surface area contributed by atoms with Crippen LogP contribution in [0.5, 0.6) is 0 Å². The van der Waals surface area contributed by atoms with E-state index < -0.39 is 0 Å². The van der Waals surface area contributed by atoms with Crippen molar-refractivity contribution in [1.82, 2.24) is 10.6 Å². The van der Waals surface area contributed by atoms with Gasteiger partial charge in [-0.3, -0.25) is 5.32 Å². The molecule has 0 heterocycles. The molecule has 2 heteroatoms. The van der Waals surface area contributed by atoms with Crippen molar-refractivity contribution in [1.29, 1.82) is 0 Å². The second-order valence-corrected chi connectivity index (χ2v) is 4.53. The minimum absolute atomic E-state index is 0.233. The highest BCUT2D eigenvalue weighted by Crippen LogP contribution is 2.12. The molecule has 0 saturated heterocycles. The van der Waals surface area contributed by atoms with Crippen molar-refractivity contribution in [2.24, 2.45) is 5.92 Å². The first-order valence-electron chi connectivity index (χ1n) is 5.41. The Morgan fingerprint density at radius 2 is 1.77 bits per heavy atom. The SMILES string of the molecule is CCC(C)C(NC)NC(C)(C)CC. The third-order valence-corrected chi connectivity index (χ3v) is 2.95. The monoisotopic (exact) mass is 186 g/mol. The summed E-state index contributed by atoms with van der Waals surface area (Å²) < 4.78 is 0. The van der Waals surface area contributed by atoms with Gasteiger partial charge in [0, 0.05) is 5.54 Å². The van der Waals surface area contributed by atoms with Crippen LogP contribution >= 0.6 is 0 Å². The highest BCUT2D eigenvalue weighted by molar-refractivity contribution is 4.81. The van der Waals surface area contributed by atoms with Gasteiger partial charge in [0.15, 0.2) is 0 Å². The molecule has 0 saturated carbocycles. The highest BCUT2D eigenvalue weighted by Gasteiger charge is 2.21. The van der Waals surface area contributed by atoms with Crippen molar-refractivity contribution in [2.75, 3.05) is 7.05 Å². The molecule has 2 N–H and O–H groups in total. The summed E-state index contributed by atoms with van der Waals surface area (Å²) in [5.74, 6) is 0.677. The van der Waals surface area contributed by atoms with Crippen molar-refractivity contribution in [3.63, 3.8) is 0 Å². The molecule has 0 aliphatic carbocycles. The van der Waals surface area contributed by atoms with Crippen molar-refractivity contribution >= 4 is 0 Å². The number of hydrogen-bond donors (Lipinski definition) is 2. The summed E-state index contributed by atoms with van der Waals surface area (Å²) in [4.78, 5) is 0. The van der Waals surface area contributed by atoms with Gasteiger partial charge in [-0.2, -0.15) is 0 Å². The average molecular weight is 186 g/mol. The van der Waals surface area contributed by atoms with Crippen LogP contribution in [0.4, 0.5) is 0 Å². The van der Waals surface area contributed by atoms with E-state index in [0.717, 1.165) is 6.42 Å². The van der Waals surface area contributed by atoms with Crippen molar-refractivity contribution in [3.05, 3.63) is 0 Å². The second-order valence-electron chi connectivity index (χ2n) is 4.53. The molecule has 0 fully saturated rings. The molecule has 2 nitrogen and oxygen atoms in total. The van der Waals surface area contributed by atoms with Gasteiger partial charge in [0.25, 0.3) is 0 Å². The van der Waals surface area contributed by atoms with Gasteiger partial charge in [0.2, 0.25) is 0 Å². The molecule has 2 unspecified atom stereocenters. The zero-order chi connectivity index (χ0) is 10.5. The predicted octanol–water partition coefficient (Wildman–Crippen LogP) is 2.36. The Morgan fingerprint density at radius 1 is 1.23 bits per heavy atom. The van der Waals surface area contributed by atoms with E-state index >= 15 is 0 Å². The minimum atomic E-state index is 0.233. The van der Waals surface area contributed by atoms with E-state index in [-0.39, 0.29) is 5.54 Å². The molecule has 0 amide bonds. The Hall–Kier alpha value is -0.0800. The number of hydrogen-bond acceptors (Lipinski definition) is 2. The molecule has 0 aromatic heterocycles. The Morgan fingerprint density at radius 3 is 2.08 bits per heavy atom. The first kappa shape index (κ1) is 12.9. The van der Waals surface area contributed by atoms with E-state index in [2.05, 4.69) is 45.3 Å². The van der Waals surface area contributed by atoms with Gasteiger partial charge in [-0.05, 0) is 33.2 Å². The van der Waals surface area contributed by atoms with Crippen molar-refractivity contribution in [2.45, 2.75) is 59.2 Å². The highest BCUT2D eigenvalue weighted by atomic mass is 15.1. The average Bonchev–Trinajstić information content (AvgIpc) is 2.13. The predicted molar refractivity (Wildman–Crippen MR) is 59.8 cm³/mol. The van der Waals surface area contributed by atoms with Crippen molar-refractivity contribution in [3.8, 4) is 0 Å². The Bertz CT molecular complexity index is 132. The molecule has 0 radical (unpaired) electrons. The van der Waals surface area contributed by atoms with Crippen LogP contribution in [0.15, 0.2) is 0 Å². The summed E-state index contributed by atoms with van der Waals surface area (Å²) in [6.45, 7) is 11.2. The maximum absolute atomic E-state index is 3.63. The summed E-state index contributed by atoms with van der Waals surface area (Å²) >= 11 is 0. The van der Waals surface area contributed by atoms with E-state index in [1.807, 2.05) is 7.05 Å². The smallest absolute Gasteiger partial charge is 0.0599 e. The second kappa shape index (κ2) is 5.61. The van der Waals surface area contributed by atoms with E-state index in [9.17, 15) is 0 Å². The molecule has 0 aliphatic heterocycles. The van der Waals surface area contributed by atoms with E-state index in [4.69, 9.17) is 0 Å². The van der Waals surface area contributed by atoms with E-state index in [0.29, 0.717) is 12.1 Å². The molecule has 13 heavy (non-hydrogen) atoms. The summed E-state index contributed by atoms with van der Waals surface area (Å²) in [7, 11) is 2.02. The standard InChI is InChI=1S/C11H26N2/c1-7-9(3)10(12-6)13-11(4,5)8-2/h9-10,12-13H,7-8H2,1-6H3. The van der Waals surface area contributed by atoms with E-state index in [1.54, 1.807) is 0 Å². The fourth-order valence-electron chi connectivity index (χ4n) is 1.26. The van der Waals surface area contributed by atoms with Crippen LogP contribution in [0.1, 0.15) is 47.5 Å². The summed E-state index contributed by atoms with van der Waals surface area (Å²) in [6.07, 6.45) is 2.79. The first-order valence-corrected chi connectivity index (χ1v) is 5.41. The van der Waals surface area contributed by atoms with Crippen LogP contribution in [-0.2, 0) is 0 Å². The lowest BCUT2D eigenvalue weighted by atomic mass is 9.98. The molecule has 80 valence electrons. The molecular formula is C11H26N2. The largest absolute Gasteiger partial charge is 0.305 e. The summed E-state index contributed by atoms with van der Waals surface area (Å²) in [5, 5.41) is 6.96. The Balaban J connectivity index is 4.11. The summed E-state index contributed by atoms with van der Waals surface area (Å²) in [6, 6.07) is 0. The Labute approximate surface area is 83.5 Å². The maximum Gasteiger partial charge on any atom is 0.0599 e. The molecule has 0 spiro atoms. The third kappa shape index (κ3) is 4.63. The number of rotatable bonds is 6. The zero-order valence-corrected chi connectivity index (χ0v) is 10.1. The van der Waals surface area contributed by atoms with Gasteiger partial charge in [0.05, 0.1) is 6.17 Å². The van der Waals surface area contributed by atoms with Gasteiger partial charge in [-0.15, -0.1) is 0 Å². The maximum atomic E-state index is 3.63.